The fourth-order valence-electron chi connectivity index (χ4n) is 3.18. The maximum absolute atomic E-state index is 12.1. The number of hydrogen-bond acceptors (Lipinski definition) is 1. The molecule has 0 aromatic carbocycles. The molecule has 17 heavy (non-hydrogen) atoms. The minimum absolute atomic E-state index is 0.271. The van der Waals surface area contributed by atoms with E-state index in [1.807, 2.05) is 0 Å². The summed E-state index contributed by atoms with van der Waals surface area (Å²) in [5.41, 5.74) is 0. The maximum atomic E-state index is 12.1. The van der Waals surface area contributed by atoms with Crippen molar-refractivity contribution in [2.24, 2.45) is 11.8 Å². The molecule has 2 rings (SSSR count). The molecule has 0 spiro atoms. The smallest absolute Gasteiger partial charge is 0.223 e. The molecule has 1 amide bonds. The van der Waals surface area contributed by atoms with Crippen LogP contribution in [0, 0.1) is 11.8 Å². The quantitative estimate of drug-likeness (QED) is 0.746. The summed E-state index contributed by atoms with van der Waals surface area (Å²) in [5.74, 6) is 1.24. The molecule has 0 atom stereocenters. The van der Waals surface area contributed by atoms with Crippen molar-refractivity contribution >= 4 is 5.91 Å². The van der Waals surface area contributed by atoms with E-state index in [0.717, 1.165) is 25.7 Å². The summed E-state index contributed by atoms with van der Waals surface area (Å²) in [4.78, 5) is 12.1. The van der Waals surface area contributed by atoms with Crippen molar-refractivity contribution in [3.05, 3.63) is 12.7 Å². The fraction of sp³-hybridized carbons (Fsp3) is 0.800. The molecule has 0 aromatic heterocycles. The Bertz CT molecular complexity index is 260. The van der Waals surface area contributed by atoms with Crippen molar-refractivity contribution in [2.75, 3.05) is 0 Å². The number of carbonyl (C=O) groups is 1. The van der Waals surface area contributed by atoms with Gasteiger partial charge in [-0.05, 0) is 44.4 Å². The Balaban J connectivity index is 1.74. The first-order chi connectivity index (χ1) is 8.29. The third-order valence-corrected chi connectivity index (χ3v) is 4.43. The lowest BCUT2D eigenvalue weighted by Gasteiger charge is -2.29. The molecule has 1 N–H and O–H groups in total. The van der Waals surface area contributed by atoms with E-state index in [1.54, 1.807) is 0 Å². The molecule has 2 aliphatic rings. The minimum Gasteiger partial charge on any atom is -0.353 e. The van der Waals surface area contributed by atoms with Crippen LogP contribution in [0.3, 0.4) is 0 Å². The van der Waals surface area contributed by atoms with Gasteiger partial charge in [0.25, 0.3) is 0 Å². The molecule has 96 valence electrons. The van der Waals surface area contributed by atoms with E-state index < -0.39 is 0 Å². The Morgan fingerprint density at radius 1 is 1.00 bits per heavy atom. The van der Waals surface area contributed by atoms with Gasteiger partial charge in [0.2, 0.25) is 5.91 Å². The second-order valence-electron chi connectivity index (χ2n) is 5.69. The average molecular weight is 235 g/mol. The summed E-state index contributed by atoms with van der Waals surface area (Å²) < 4.78 is 0. The monoisotopic (exact) mass is 235 g/mol. The summed E-state index contributed by atoms with van der Waals surface area (Å²) in [6, 6.07) is 0.466. The van der Waals surface area contributed by atoms with Crippen molar-refractivity contribution in [3.8, 4) is 0 Å². The summed E-state index contributed by atoms with van der Waals surface area (Å²) >= 11 is 0. The number of hydrogen-bond donors (Lipinski definition) is 1. The highest BCUT2D eigenvalue weighted by molar-refractivity contribution is 5.79. The molecule has 0 unspecified atom stereocenters. The number of rotatable bonds is 3. The van der Waals surface area contributed by atoms with Crippen LogP contribution in [0.5, 0.6) is 0 Å². The van der Waals surface area contributed by atoms with Gasteiger partial charge in [-0.15, -0.1) is 6.58 Å². The Kier molecular flexibility index (Phi) is 4.64. The summed E-state index contributed by atoms with van der Waals surface area (Å²) in [6.45, 7) is 3.85. The summed E-state index contributed by atoms with van der Waals surface area (Å²) in [6.07, 6.45) is 12.7. The highest BCUT2D eigenvalue weighted by Crippen LogP contribution is 2.29. The molecular weight excluding hydrogens is 210 g/mol. The normalized spacial score (nSPS) is 30.8. The topological polar surface area (TPSA) is 29.1 Å². The van der Waals surface area contributed by atoms with Gasteiger partial charge in [0.05, 0.1) is 0 Å². The molecule has 0 radical (unpaired) electrons. The number of nitrogens with one attached hydrogen (secondary N) is 1. The van der Waals surface area contributed by atoms with Gasteiger partial charge in [0, 0.05) is 12.0 Å². The van der Waals surface area contributed by atoms with Crippen molar-refractivity contribution in [1.29, 1.82) is 0 Å². The molecule has 0 heterocycles. The maximum Gasteiger partial charge on any atom is 0.223 e. The fourth-order valence-corrected chi connectivity index (χ4v) is 3.18. The molecule has 0 aromatic rings. The predicted octanol–water partition coefficient (Wildman–Crippen LogP) is 3.43. The van der Waals surface area contributed by atoms with Crippen LogP contribution in [0.4, 0.5) is 0 Å². The van der Waals surface area contributed by atoms with Gasteiger partial charge in [-0.2, -0.15) is 0 Å². The molecule has 2 fully saturated rings. The Labute approximate surface area is 105 Å². The zero-order chi connectivity index (χ0) is 12.1. The highest BCUT2D eigenvalue weighted by Gasteiger charge is 2.26. The number of amides is 1. The zero-order valence-electron chi connectivity index (χ0n) is 10.8. The van der Waals surface area contributed by atoms with E-state index in [4.69, 9.17) is 0 Å². The SMILES string of the molecule is C=CC1CCC(C(=O)NC2CCCCC2)CC1. The Morgan fingerprint density at radius 3 is 2.24 bits per heavy atom. The van der Waals surface area contributed by atoms with E-state index in [2.05, 4.69) is 18.0 Å². The first-order valence-corrected chi connectivity index (χ1v) is 7.22. The minimum atomic E-state index is 0.271. The van der Waals surface area contributed by atoms with Crippen LogP contribution in [0.1, 0.15) is 57.8 Å². The first kappa shape index (κ1) is 12.7. The van der Waals surface area contributed by atoms with Crippen LogP contribution in [0.15, 0.2) is 12.7 Å². The lowest BCUT2D eigenvalue weighted by Crippen LogP contribution is -2.40. The molecular formula is C15H25NO. The summed E-state index contributed by atoms with van der Waals surface area (Å²) in [5, 5.41) is 3.26. The van der Waals surface area contributed by atoms with E-state index in [9.17, 15) is 4.79 Å². The van der Waals surface area contributed by atoms with Crippen LogP contribution in [0.2, 0.25) is 0 Å². The summed E-state index contributed by atoms with van der Waals surface area (Å²) in [7, 11) is 0. The van der Waals surface area contributed by atoms with Crippen LogP contribution < -0.4 is 5.32 Å². The molecule has 0 bridgehead atoms. The van der Waals surface area contributed by atoms with E-state index in [1.165, 1.54) is 32.1 Å². The van der Waals surface area contributed by atoms with Crippen LogP contribution in [0.25, 0.3) is 0 Å². The lowest BCUT2D eigenvalue weighted by molar-refractivity contribution is -0.127. The largest absolute Gasteiger partial charge is 0.353 e. The molecule has 0 saturated heterocycles. The van der Waals surface area contributed by atoms with Crippen LogP contribution in [-0.4, -0.2) is 11.9 Å². The van der Waals surface area contributed by atoms with Crippen molar-refractivity contribution in [1.82, 2.24) is 5.32 Å². The molecule has 2 aliphatic carbocycles. The Hall–Kier alpha value is -0.790. The van der Waals surface area contributed by atoms with E-state index in [-0.39, 0.29) is 5.92 Å². The van der Waals surface area contributed by atoms with Crippen molar-refractivity contribution < 1.29 is 4.79 Å². The van der Waals surface area contributed by atoms with Crippen molar-refractivity contribution in [3.63, 3.8) is 0 Å². The second-order valence-corrected chi connectivity index (χ2v) is 5.69. The zero-order valence-corrected chi connectivity index (χ0v) is 10.8. The highest BCUT2D eigenvalue weighted by atomic mass is 16.1. The predicted molar refractivity (Wildman–Crippen MR) is 70.7 cm³/mol. The van der Waals surface area contributed by atoms with Gasteiger partial charge in [0.1, 0.15) is 0 Å². The molecule has 2 heteroatoms. The van der Waals surface area contributed by atoms with Gasteiger partial charge in [-0.1, -0.05) is 25.3 Å². The van der Waals surface area contributed by atoms with Crippen LogP contribution in [-0.2, 0) is 4.79 Å². The van der Waals surface area contributed by atoms with E-state index in [0.29, 0.717) is 17.9 Å². The van der Waals surface area contributed by atoms with Crippen LogP contribution >= 0.6 is 0 Å². The first-order valence-electron chi connectivity index (χ1n) is 7.22. The standard InChI is InChI=1S/C15H25NO/c1-2-12-8-10-13(11-9-12)15(17)16-14-6-4-3-5-7-14/h2,12-14H,1,3-11H2,(H,16,17). The Morgan fingerprint density at radius 2 is 1.65 bits per heavy atom. The van der Waals surface area contributed by atoms with Gasteiger partial charge in [-0.3, -0.25) is 4.79 Å². The molecule has 2 saturated carbocycles. The van der Waals surface area contributed by atoms with Gasteiger partial charge in [0.15, 0.2) is 0 Å². The third-order valence-electron chi connectivity index (χ3n) is 4.43. The number of carbonyl (C=O) groups excluding carboxylic acids is 1. The average Bonchev–Trinajstić information content (AvgIpc) is 2.40. The molecule has 2 nitrogen and oxygen atoms in total. The van der Waals surface area contributed by atoms with Gasteiger partial charge in [-0.25, -0.2) is 0 Å². The van der Waals surface area contributed by atoms with Crippen molar-refractivity contribution in [2.45, 2.75) is 63.8 Å². The van der Waals surface area contributed by atoms with E-state index >= 15 is 0 Å². The molecule has 0 aliphatic heterocycles. The second kappa shape index (κ2) is 6.23. The van der Waals surface area contributed by atoms with Gasteiger partial charge < -0.3 is 5.32 Å². The lowest BCUT2D eigenvalue weighted by atomic mass is 9.81. The van der Waals surface area contributed by atoms with Gasteiger partial charge >= 0.3 is 0 Å². The third kappa shape index (κ3) is 3.58. The number of allylic oxidation sites excluding steroid dienone is 1.